The number of nitrogens with zero attached hydrogens (tertiary/aromatic N) is 1. The van der Waals surface area contributed by atoms with Crippen molar-refractivity contribution in [2.75, 3.05) is 0 Å². The van der Waals surface area contributed by atoms with Gasteiger partial charge in [0, 0.05) is 16.1 Å². The highest BCUT2D eigenvalue weighted by Crippen LogP contribution is 2.29. The number of rotatable bonds is 5. The summed E-state index contributed by atoms with van der Waals surface area (Å²) in [5, 5.41) is 0.776. The van der Waals surface area contributed by atoms with Crippen LogP contribution in [0.15, 0.2) is 86.9 Å². The first-order chi connectivity index (χ1) is 12.6. The van der Waals surface area contributed by atoms with Gasteiger partial charge in [-0.1, -0.05) is 12.1 Å². The molecule has 0 N–H and O–H groups in total. The summed E-state index contributed by atoms with van der Waals surface area (Å²) in [6.07, 6.45) is 3.14. The molecule has 0 aliphatic carbocycles. The highest BCUT2D eigenvalue weighted by atomic mass is 79.9. The Morgan fingerprint density at radius 2 is 1.88 bits per heavy atom. The maximum Gasteiger partial charge on any atom is 0.269 e. The second-order valence-electron chi connectivity index (χ2n) is 5.64. The number of benzene rings is 2. The van der Waals surface area contributed by atoms with Crippen LogP contribution in [-0.2, 0) is 16.6 Å². The summed E-state index contributed by atoms with van der Waals surface area (Å²) >= 11 is 3.31. The summed E-state index contributed by atoms with van der Waals surface area (Å²) in [5.41, 5.74) is 0.589. The van der Waals surface area contributed by atoms with Crippen LogP contribution in [0.25, 0.3) is 10.9 Å². The summed E-state index contributed by atoms with van der Waals surface area (Å²) in [6, 6.07) is 17.4. The lowest BCUT2D eigenvalue weighted by atomic mass is 10.2. The van der Waals surface area contributed by atoms with Crippen molar-refractivity contribution >= 4 is 36.9 Å². The van der Waals surface area contributed by atoms with Crippen LogP contribution in [0.2, 0.25) is 0 Å². The molecule has 0 aliphatic heterocycles. The minimum Gasteiger partial charge on any atom is -0.486 e. The molecule has 0 fully saturated rings. The molecule has 0 amide bonds. The zero-order chi connectivity index (χ0) is 18.1. The Morgan fingerprint density at radius 3 is 2.65 bits per heavy atom. The second-order valence-corrected chi connectivity index (χ2v) is 8.27. The predicted molar refractivity (Wildman–Crippen MR) is 102 cm³/mol. The molecule has 132 valence electrons. The molecule has 7 heteroatoms. The van der Waals surface area contributed by atoms with E-state index >= 15 is 0 Å². The van der Waals surface area contributed by atoms with Gasteiger partial charge in [0.15, 0.2) is 0 Å². The number of ether oxygens (including phenoxy) is 1. The molecular weight excluding hydrogens is 418 g/mol. The van der Waals surface area contributed by atoms with Crippen LogP contribution in [0, 0.1) is 0 Å². The molecule has 0 aliphatic rings. The van der Waals surface area contributed by atoms with E-state index < -0.39 is 10.0 Å². The van der Waals surface area contributed by atoms with E-state index in [9.17, 15) is 8.42 Å². The van der Waals surface area contributed by atoms with Crippen molar-refractivity contribution in [1.82, 2.24) is 3.97 Å². The number of aromatic nitrogens is 1. The zero-order valence-electron chi connectivity index (χ0n) is 13.5. The van der Waals surface area contributed by atoms with Crippen LogP contribution in [-0.4, -0.2) is 12.4 Å². The Morgan fingerprint density at radius 1 is 1.04 bits per heavy atom. The molecule has 4 rings (SSSR count). The van der Waals surface area contributed by atoms with Gasteiger partial charge in [-0.3, -0.25) is 0 Å². The number of furan rings is 1. The fourth-order valence-corrected chi connectivity index (χ4v) is 5.03. The highest BCUT2D eigenvalue weighted by Gasteiger charge is 2.21. The van der Waals surface area contributed by atoms with Gasteiger partial charge in [-0.25, -0.2) is 12.4 Å². The molecule has 0 atom stereocenters. The van der Waals surface area contributed by atoms with Crippen molar-refractivity contribution in [1.29, 1.82) is 0 Å². The fourth-order valence-electron chi connectivity index (χ4n) is 2.70. The standard InChI is InChI=1S/C19H14BrNO4S/c20-17-5-1-2-6-19(17)26(22,23)21-10-9-14-12-15(7-8-18(14)21)25-13-16-4-3-11-24-16/h1-12H,13H2. The quantitative estimate of drug-likeness (QED) is 0.454. The SMILES string of the molecule is O=S(=O)(c1ccccc1Br)n1ccc2cc(OCc3ccco3)ccc21. The van der Waals surface area contributed by atoms with Crippen LogP contribution in [0.4, 0.5) is 0 Å². The molecule has 0 unspecified atom stereocenters. The van der Waals surface area contributed by atoms with E-state index in [0.29, 0.717) is 22.3 Å². The second kappa shape index (κ2) is 6.66. The molecule has 0 radical (unpaired) electrons. The van der Waals surface area contributed by atoms with Gasteiger partial charge in [0.25, 0.3) is 10.0 Å². The van der Waals surface area contributed by atoms with Crippen LogP contribution in [0.3, 0.4) is 0 Å². The normalized spacial score (nSPS) is 11.7. The Balaban J connectivity index is 1.68. The number of hydrogen-bond acceptors (Lipinski definition) is 4. The number of hydrogen-bond donors (Lipinski definition) is 0. The maximum absolute atomic E-state index is 13.0. The summed E-state index contributed by atoms with van der Waals surface area (Å²) in [6.45, 7) is 0.314. The monoisotopic (exact) mass is 431 g/mol. The van der Waals surface area contributed by atoms with E-state index in [1.807, 2.05) is 12.1 Å². The van der Waals surface area contributed by atoms with Crippen molar-refractivity contribution in [2.24, 2.45) is 0 Å². The lowest BCUT2D eigenvalue weighted by molar-refractivity contribution is 0.270. The Labute approximate surface area is 159 Å². The molecule has 0 spiro atoms. The van der Waals surface area contributed by atoms with Gasteiger partial charge >= 0.3 is 0 Å². The van der Waals surface area contributed by atoms with Gasteiger partial charge in [-0.15, -0.1) is 0 Å². The Bertz CT molecular complexity index is 1160. The summed E-state index contributed by atoms with van der Waals surface area (Å²) < 4.78 is 38.7. The third-order valence-corrected chi connectivity index (χ3v) is 6.66. The van der Waals surface area contributed by atoms with Crippen LogP contribution in [0.5, 0.6) is 5.75 Å². The van der Waals surface area contributed by atoms with Crippen LogP contribution in [0.1, 0.15) is 5.76 Å². The molecule has 2 aromatic carbocycles. The van der Waals surface area contributed by atoms with E-state index in [0.717, 1.165) is 11.1 Å². The molecule has 2 aromatic heterocycles. The lowest BCUT2D eigenvalue weighted by Crippen LogP contribution is -2.12. The minimum absolute atomic E-state index is 0.218. The molecule has 0 saturated carbocycles. The third kappa shape index (κ3) is 3.04. The van der Waals surface area contributed by atoms with E-state index in [2.05, 4.69) is 15.9 Å². The van der Waals surface area contributed by atoms with Crippen LogP contribution < -0.4 is 4.74 Å². The molecular formula is C19H14BrNO4S. The highest BCUT2D eigenvalue weighted by molar-refractivity contribution is 9.10. The number of fused-ring (bicyclic) bond motifs is 1. The first-order valence-corrected chi connectivity index (χ1v) is 10.1. The summed E-state index contributed by atoms with van der Waals surface area (Å²) in [5.74, 6) is 1.36. The predicted octanol–water partition coefficient (Wildman–Crippen LogP) is 4.81. The summed E-state index contributed by atoms with van der Waals surface area (Å²) in [4.78, 5) is 0.218. The maximum atomic E-state index is 13.0. The first kappa shape index (κ1) is 16.9. The summed E-state index contributed by atoms with van der Waals surface area (Å²) in [7, 11) is -3.70. The van der Waals surface area contributed by atoms with E-state index in [-0.39, 0.29) is 4.90 Å². The minimum atomic E-state index is -3.70. The third-order valence-electron chi connectivity index (χ3n) is 3.96. The van der Waals surface area contributed by atoms with Crippen molar-refractivity contribution in [2.45, 2.75) is 11.5 Å². The van der Waals surface area contributed by atoms with E-state index in [1.165, 1.54) is 3.97 Å². The Kier molecular flexibility index (Phi) is 4.34. The molecule has 26 heavy (non-hydrogen) atoms. The first-order valence-electron chi connectivity index (χ1n) is 7.82. The van der Waals surface area contributed by atoms with Gasteiger partial charge in [-0.05, 0) is 64.5 Å². The van der Waals surface area contributed by atoms with Gasteiger partial charge < -0.3 is 9.15 Å². The molecule has 4 aromatic rings. The molecule has 0 saturated heterocycles. The van der Waals surface area contributed by atoms with Gasteiger partial charge in [-0.2, -0.15) is 0 Å². The molecule has 5 nitrogen and oxygen atoms in total. The van der Waals surface area contributed by atoms with Crippen molar-refractivity contribution in [3.05, 3.63) is 83.4 Å². The smallest absolute Gasteiger partial charge is 0.269 e. The number of halogens is 1. The van der Waals surface area contributed by atoms with Crippen molar-refractivity contribution < 1.29 is 17.6 Å². The van der Waals surface area contributed by atoms with E-state index in [1.54, 1.807) is 61.0 Å². The largest absolute Gasteiger partial charge is 0.486 e. The van der Waals surface area contributed by atoms with Gasteiger partial charge in [0.05, 0.1) is 11.8 Å². The molecule has 0 bridgehead atoms. The molecule has 2 heterocycles. The topological polar surface area (TPSA) is 61.4 Å². The fraction of sp³-hybridized carbons (Fsp3) is 0.0526. The lowest BCUT2D eigenvalue weighted by Gasteiger charge is -2.10. The zero-order valence-corrected chi connectivity index (χ0v) is 15.9. The van der Waals surface area contributed by atoms with Crippen LogP contribution >= 0.6 is 15.9 Å². The average Bonchev–Trinajstić information content (AvgIpc) is 3.29. The van der Waals surface area contributed by atoms with Gasteiger partial charge in [0.2, 0.25) is 0 Å². The average molecular weight is 432 g/mol. The van der Waals surface area contributed by atoms with E-state index in [4.69, 9.17) is 9.15 Å². The van der Waals surface area contributed by atoms with Gasteiger partial charge in [0.1, 0.15) is 23.0 Å². The van der Waals surface area contributed by atoms with Crippen molar-refractivity contribution in [3.8, 4) is 5.75 Å². The Hall–Kier alpha value is -2.51. The van der Waals surface area contributed by atoms with Crippen molar-refractivity contribution in [3.63, 3.8) is 0 Å².